The van der Waals surface area contributed by atoms with Crippen molar-refractivity contribution in [3.8, 4) is 11.8 Å². The average molecular weight is 896 g/mol. The monoisotopic (exact) mass is 895 g/mol. The van der Waals surface area contributed by atoms with Gasteiger partial charge in [0.2, 0.25) is 33.6 Å². The highest BCUT2D eigenvalue weighted by Crippen LogP contribution is 2.48. The van der Waals surface area contributed by atoms with Crippen LogP contribution in [0.2, 0.25) is 5.02 Å². The number of fused-ring (bicyclic) bond motifs is 3. The van der Waals surface area contributed by atoms with E-state index in [0.29, 0.717) is 54.8 Å². The van der Waals surface area contributed by atoms with E-state index in [2.05, 4.69) is 20.3 Å². The Balaban J connectivity index is 1.37. The number of nitrogens with one attached hydrogen (secondary N) is 3. The van der Waals surface area contributed by atoms with Crippen molar-refractivity contribution in [3.05, 3.63) is 41.4 Å². The number of hydrogen-bond acceptors (Lipinski definition) is 11. The Morgan fingerprint density at radius 1 is 1.10 bits per heavy atom. The average Bonchev–Trinajstić information content (AvgIpc) is 4.05. The Morgan fingerprint density at radius 3 is 2.49 bits per heavy atom. The number of alkyl halides is 2. The first-order chi connectivity index (χ1) is 28.5. The molecule has 7 atom stereocenters. The van der Waals surface area contributed by atoms with Crippen LogP contribution in [0.3, 0.4) is 0 Å². The minimum Gasteiger partial charge on any atom is -0.475 e. The summed E-state index contributed by atoms with van der Waals surface area (Å²) in [6.07, 6.45) is 3.93. The molecule has 0 bridgehead atoms. The zero-order valence-corrected chi connectivity index (χ0v) is 37.1. The molecule has 1 saturated heterocycles. The van der Waals surface area contributed by atoms with E-state index in [0.717, 1.165) is 13.8 Å². The second-order valence-electron chi connectivity index (χ2n) is 17.8. The summed E-state index contributed by atoms with van der Waals surface area (Å²) >= 11 is 6.58. The van der Waals surface area contributed by atoms with E-state index < -0.39 is 85.7 Å². The van der Waals surface area contributed by atoms with Gasteiger partial charge in [-0.15, -0.1) is 0 Å². The van der Waals surface area contributed by atoms with Gasteiger partial charge in [0.1, 0.15) is 30.3 Å². The Bertz CT molecular complexity index is 2170. The zero-order chi connectivity index (χ0) is 44.7. The van der Waals surface area contributed by atoms with Crippen LogP contribution in [0.15, 0.2) is 36.4 Å². The number of rotatable bonds is 12. The number of sulfonamides is 1. The van der Waals surface area contributed by atoms with Gasteiger partial charge in [0.15, 0.2) is 5.60 Å². The number of amides is 4. The molecule has 4 amide bonds. The van der Waals surface area contributed by atoms with Crippen LogP contribution in [-0.4, -0.2) is 109 Å². The second-order valence-corrected chi connectivity index (χ2v) is 20.4. The molecule has 1 aromatic carbocycles. The van der Waals surface area contributed by atoms with Gasteiger partial charge in [0.25, 0.3) is 11.8 Å². The third-order valence-electron chi connectivity index (χ3n) is 12.5. The third kappa shape index (κ3) is 10.0. The fourth-order valence-corrected chi connectivity index (χ4v) is 9.35. The number of alkyl carbamates (subject to hydrolysis) is 1. The maximum atomic E-state index is 14.9. The number of carbonyl (C=O) groups excluding carboxylic acids is 4. The molecule has 0 spiro atoms. The van der Waals surface area contributed by atoms with E-state index in [9.17, 15) is 36.4 Å². The first-order valence-electron chi connectivity index (χ1n) is 20.6. The van der Waals surface area contributed by atoms with E-state index in [1.54, 1.807) is 44.2 Å². The number of carbonyl (C=O) groups is 4. The van der Waals surface area contributed by atoms with Crippen molar-refractivity contribution in [2.75, 3.05) is 26.9 Å². The summed E-state index contributed by atoms with van der Waals surface area (Å²) in [4.78, 5) is 62.8. The van der Waals surface area contributed by atoms with Crippen molar-refractivity contribution in [3.63, 3.8) is 0 Å². The molecule has 0 radical (unpaired) electrons. The van der Waals surface area contributed by atoms with Crippen LogP contribution in [0.25, 0.3) is 10.8 Å². The Kier molecular flexibility index (Phi) is 13.2. The number of nitrogens with zero attached hydrogens (tertiary/aromatic N) is 2. The fourth-order valence-electron chi connectivity index (χ4n) is 7.81. The van der Waals surface area contributed by atoms with Gasteiger partial charge >= 0.3 is 6.09 Å². The molecule has 2 aliphatic carbocycles. The lowest BCUT2D eigenvalue weighted by atomic mass is 9.88. The van der Waals surface area contributed by atoms with E-state index in [-0.39, 0.29) is 50.3 Å². The highest BCUT2D eigenvalue weighted by Gasteiger charge is 2.63. The Morgan fingerprint density at radius 2 is 1.82 bits per heavy atom. The molecular formula is C42H56ClF2N5O10S. The number of methoxy groups -OCH3 is 1. The number of aromatic nitrogens is 1. The number of benzene rings is 1. The molecule has 7 unspecified atom stereocenters. The molecule has 3 N–H and O–H groups in total. The van der Waals surface area contributed by atoms with Crippen LogP contribution < -0.4 is 24.8 Å². The molecule has 1 aromatic heterocycles. The maximum absolute atomic E-state index is 14.9. The first-order valence-corrected chi connectivity index (χ1v) is 22.5. The molecule has 336 valence electrons. The summed E-state index contributed by atoms with van der Waals surface area (Å²) in [6, 6.07) is 4.13. The van der Waals surface area contributed by atoms with Crippen LogP contribution in [-0.2, 0) is 33.9 Å². The van der Waals surface area contributed by atoms with E-state index in [1.807, 2.05) is 13.0 Å². The lowest BCUT2D eigenvalue weighted by Gasteiger charge is -2.35. The molecule has 2 saturated carbocycles. The summed E-state index contributed by atoms with van der Waals surface area (Å²) in [7, 11) is -2.55. The van der Waals surface area contributed by atoms with Crippen LogP contribution in [0.1, 0.15) is 86.5 Å². The predicted molar refractivity (Wildman–Crippen MR) is 222 cm³/mol. The molecule has 61 heavy (non-hydrogen) atoms. The number of halogens is 3. The largest absolute Gasteiger partial charge is 0.475 e. The van der Waals surface area contributed by atoms with Gasteiger partial charge in [-0.1, -0.05) is 43.7 Å². The topological polar surface area (TPSA) is 192 Å². The van der Waals surface area contributed by atoms with Crippen molar-refractivity contribution in [1.29, 1.82) is 0 Å². The SMILES string of the molecule is COCCOc1cc2c(Cl)cccc2c(OC2CC3C(=O)NC4(C(=O)NS(=O)(=O)C5(C)CC5)CC4C=CCCC(C)CC(C)C(NC(=O)OC(C)(C)C(C)(F)F)C(=O)N3C2)n1. The summed E-state index contributed by atoms with van der Waals surface area (Å²) in [5.41, 5.74) is -3.88. The van der Waals surface area contributed by atoms with Gasteiger partial charge in [-0.25, -0.2) is 22.0 Å². The molecular weight excluding hydrogens is 840 g/mol. The summed E-state index contributed by atoms with van der Waals surface area (Å²) in [5, 5.41) is 6.84. The van der Waals surface area contributed by atoms with E-state index >= 15 is 0 Å². The highest BCUT2D eigenvalue weighted by atomic mass is 35.5. The quantitative estimate of drug-likeness (QED) is 0.176. The van der Waals surface area contributed by atoms with Crippen molar-refractivity contribution < 1.29 is 55.3 Å². The number of pyridine rings is 1. The van der Waals surface area contributed by atoms with Crippen molar-refractivity contribution in [2.24, 2.45) is 17.8 Å². The van der Waals surface area contributed by atoms with Gasteiger partial charge < -0.3 is 34.5 Å². The molecule has 6 rings (SSSR count). The molecule has 4 aliphatic rings. The van der Waals surface area contributed by atoms with Gasteiger partial charge in [-0.3, -0.25) is 19.1 Å². The molecule has 2 aliphatic heterocycles. The minimum atomic E-state index is -4.08. The molecule has 15 nitrogen and oxygen atoms in total. The molecule has 19 heteroatoms. The van der Waals surface area contributed by atoms with Crippen molar-refractivity contribution in [2.45, 2.75) is 126 Å². The van der Waals surface area contributed by atoms with Crippen LogP contribution in [0, 0.1) is 17.8 Å². The second kappa shape index (κ2) is 17.5. The maximum Gasteiger partial charge on any atom is 0.408 e. The standard InChI is InChI=1S/C42H56ClF2N5O10S/c1-24-11-8-9-12-26-22-42(26,37(53)49-61(55,56)40(5)15-16-40)48-34(51)31-20-27(59-35-28-13-10-14-30(43)29(28)21-32(46-35)58-18-17-57-7)23-50(31)36(52)33(25(2)19-24)47-38(54)60-39(3,4)41(6,44)45/h9-10,12-14,21,24-27,31,33H,8,11,15-20,22-23H2,1-7H3,(H,47,54)(H,48,51)(H,49,53). The number of hydrogen-bond donors (Lipinski definition) is 3. The van der Waals surface area contributed by atoms with Crippen molar-refractivity contribution >= 4 is 56.2 Å². The van der Waals surface area contributed by atoms with Gasteiger partial charge in [-0.05, 0) is 83.3 Å². The third-order valence-corrected chi connectivity index (χ3v) is 15.0. The summed E-state index contributed by atoms with van der Waals surface area (Å²) in [6.45, 7) is 8.24. The summed E-state index contributed by atoms with van der Waals surface area (Å²) < 4.78 is 79.1. The molecule has 3 heterocycles. The number of allylic oxidation sites excluding steroid dienone is 1. The van der Waals surface area contributed by atoms with Gasteiger partial charge in [0, 0.05) is 48.2 Å². The van der Waals surface area contributed by atoms with E-state index in [4.69, 9.17) is 30.5 Å². The van der Waals surface area contributed by atoms with Gasteiger partial charge in [-0.2, -0.15) is 4.98 Å². The lowest BCUT2D eigenvalue weighted by molar-refractivity contribution is -0.152. The Hall–Kier alpha value is -4.29. The first kappa shape index (κ1) is 46.2. The summed E-state index contributed by atoms with van der Waals surface area (Å²) in [5.74, 6) is -6.64. The van der Waals surface area contributed by atoms with E-state index in [1.165, 1.54) is 12.0 Å². The van der Waals surface area contributed by atoms with Crippen LogP contribution in [0.4, 0.5) is 13.6 Å². The Labute approximate surface area is 360 Å². The normalized spacial score (nSPS) is 28.1. The fraction of sp³-hybridized carbons (Fsp3) is 0.643. The highest BCUT2D eigenvalue weighted by molar-refractivity contribution is 7.91. The van der Waals surface area contributed by atoms with Crippen LogP contribution >= 0.6 is 11.6 Å². The van der Waals surface area contributed by atoms with Gasteiger partial charge in [0.05, 0.1) is 17.9 Å². The van der Waals surface area contributed by atoms with Crippen LogP contribution in [0.5, 0.6) is 11.8 Å². The molecule has 2 aromatic rings. The number of ether oxygens (including phenoxy) is 4. The smallest absolute Gasteiger partial charge is 0.408 e. The lowest BCUT2D eigenvalue weighted by Crippen LogP contribution is -2.59. The predicted octanol–water partition coefficient (Wildman–Crippen LogP) is 5.68. The van der Waals surface area contributed by atoms with Crippen molar-refractivity contribution in [1.82, 2.24) is 25.2 Å². The molecule has 3 fully saturated rings. The minimum absolute atomic E-state index is 0.000722. The zero-order valence-electron chi connectivity index (χ0n) is 35.5.